The van der Waals surface area contributed by atoms with Crippen LogP contribution in [0.15, 0.2) is 17.8 Å². The van der Waals surface area contributed by atoms with E-state index in [0.29, 0.717) is 5.41 Å². The van der Waals surface area contributed by atoms with Gasteiger partial charge in [-0.05, 0) is 11.4 Å². The number of piperazine rings is 1. The van der Waals surface area contributed by atoms with Crippen molar-refractivity contribution in [2.75, 3.05) is 50.8 Å². The van der Waals surface area contributed by atoms with Crippen LogP contribution < -0.4 is 4.90 Å². The van der Waals surface area contributed by atoms with Crippen LogP contribution in [0.3, 0.4) is 0 Å². The number of nitrogens with zero attached hydrogens (tertiary/aromatic N) is 4. The second-order valence-electron chi connectivity index (χ2n) is 6.40. The minimum Gasteiger partial charge on any atom is -0.380 e. The molecule has 0 atom stereocenters. The Bertz CT molecular complexity index is 631. The van der Waals surface area contributed by atoms with Crippen LogP contribution in [0.4, 0.5) is 5.82 Å². The van der Waals surface area contributed by atoms with Gasteiger partial charge in [0, 0.05) is 38.1 Å². The number of hydrogen-bond donors (Lipinski definition) is 0. The first-order valence-electron chi connectivity index (χ1n) is 7.47. The lowest BCUT2D eigenvalue weighted by molar-refractivity contribution is -0.115. The molecule has 4 rings (SSSR count). The highest BCUT2D eigenvalue weighted by atomic mass is 32.1. The fourth-order valence-electron chi connectivity index (χ4n) is 3.20. The molecule has 0 aromatic carbocycles. The number of hydrogen-bond acceptors (Lipinski definition) is 6. The predicted octanol–water partition coefficient (Wildman–Crippen LogP) is 1.85. The molecule has 5 nitrogen and oxygen atoms in total. The van der Waals surface area contributed by atoms with Crippen molar-refractivity contribution in [1.82, 2.24) is 14.9 Å². The Balaban J connectivity index is 1.44. The van der Waals surface area contributed by atoms with Gasteiger partial charge in [0.15, 0.2) is 0 Å². The fourth-order valence-corrected chi connectivity index (χ4v) is 4.06. The Morgan fingerprint density at radius 2 is 2.05 bits per heavy atom. The quantitative estimate of drug-likeness (QED) is 0.865. The van der Waals surface area contributed by atoms with Crippen LogP contribution >= 0.6 is 11.3 Å². The van der Waals surface area contributed by atoms with Crippen molar-refractivity contribution in [3.8, 4) is 0 Å². The Morgan fingerprint density at radius 1 is 1.24 bits per heavy atom. The highest BCUT2D eigenvalue weighted by Crippen LogP contribution is 2.30. The first-order chi connectivity index (χ1) is 10.2. The molecule has 21 heavy (non-hydrogen) atoms. The summed E-state index contributed by atoms with van der Waals surface area (Å²) in [7, 11) is 0. The van der Waals surface area contributed by atoms with Gasteiger partial charge in [0.05, 0.1) is 23.4 Å². The molecule has 2 aromatic rings. The van der Waals surface area contributed by atoms with E-state index >= 15 is 0 Å². The molecule has 2 aliphatic heterocycles. The zero-order valence-corrected chi connectivity index (χ0v) is 13.1. The maximum absolute atomic E-state index is 5.36. The molecule has 6 heteroatoms. The third-order valence-electron chi connectivity index (χ3n) is 4.40. The molecule has 112 valence electrons. The van der Waals surface area contributed by atoms with Gasteiger partial charge in [-0.1, -0.05) is 6.92 Å². The summed E-state index contributed by atoms with van der Waals surface area (Å²) in [5.74, 6) is 1.10. The van der Waals surface area contributed by atoms with Crippen LogP contribution in [0.1, 0.15) is 6.92 Å². The second-order valence-corrected chi connectivity index (χ2v) is 7.32. The molecular formula is C15H20N4OS. The predicted molar refractivity (Wildman–Crippen MR) is 85.0 cm³/mol. The maximum Gasteiger partial charge on any atom is 0.150 e. The van der Waals surface area contributed by atoms with Crippen molar-refractivity contribution in [2.24, 2.45) is 5.41 Å². The first-order valence-corrected chi connectivity index (χ1v) is 8.35. The van der Waals surface area contributed by atoms with Crippen LogP contribution in [0.2, 0.25) is 0 Å². The van der Waals surface area contributed by atoms with Crippen LogP contribution in [-0.2, 0) is 4.74 Å². The minimum atomic E-state index is 0.373. The van der Waals surface area contributed by atoms with Gasteiger partial charge in [-0.15, -0.1) is 11.3 Å². The van der Waals surface area contributed by atoms with Gasteiger partial charge in [-0.2, -0.15) is 0 Å². The van der Waals surface area contributed by atoms with E-state index in [2.05, 4.69) is 38.1 Å². The van der Waals surface area contributed by atoms with Crippen LogP contribution in [0, 0.1) is 5.41 Å². The lowest BCUT2D eigenvalue weighted by Crippen LogP contribution is -2.54. The SMILES string of the molecule is CC1(CN2CCN(c3ncnc4ccsc34)CC2)COC1. The Kier molecular flexibility index (Phi) is 3.32. The van der Waals surface area contributed by atoms with E-state index in [4.69, 9.17) is 4.74 Å². The summed E-state index contributed by atoms with van der Waals surface area (Å²) in [6.07, 6.45) is 1.68. The largest absolute Gasteiger partial charge is 0.380 e. The van der Waals surface area contributed by atoms with Gasteiger partial charge in [0.2, 0.25) is 0 Å². The Labute approximate surface area is 128 Å². The molecule has 2 aliphatic rings. The molecule has 0 bridgehead atoms. The monoisotopic (exact) mass is 304 g/mol. The number of ether oxygens (including phenoxy) is 1. The summed E-state index contributed by atoms with van der Waals surface area (Å²) < 4.78 is 6.57. The lowest BCUT2D eigenvalue weighted by atomic mass is 9.88. The molecule has 0 saturated carbocycles. The Morgan fingerprint density at radius 3 is 2.76 bits per heavy atom. The van der Waals surface area contributed by atoms with Gasteiger partial charge < -0.3 is 9.64 Å². The zero-order chi connectivity index (χ0) is 14.3. The van der Waals surface area contributed by atoms with E-state index in [9.17, 15) is 0 Å². The summed E-state index contributed by atoms with van der Waals surface area (Å²) in [6, 6.07) is 2.07. The van der Waals surface area contributed by atoms with Gasteiger partial charge in [-0.3, -0.25) is 4.90 Å². The van der Waals surface area contributed by atoms with Gasteiger partial charge in [-0.25, -0.2) is 9.97 Å². The highest BCUT2D eigenvalue weighted by molar-refractivity contribution is 7.17. The van der Waals surface area contributed by atoms with Crippen molar-refractivity contribution in [2.45, 2.75) is 6.92 Å². The summed E-state index contributed by atoms with van der Waals surface area (Å²) in [6.45, 7) is 9.59. The molecular weight excluding hydrogens is 284 g/mol. The first kappa shape index (κ1) is 13.4. The molecule has 4 heterocycles. The molecule has 0 amide bonds. The summed E-state index contributed by atoms with van der Waals surface area (Å²) in [5, 5.41) is 2.09. The topological polar surface area (TPSA) is 41.5 Å². The molecule has 2 fully saturated rings. The molecule has 2 aromatic heterocycles. The summed E-state index contributed by atoms with van der Waals surface area (Å²) >= 11 is 1.73. The maximum atomic E-state index is 5.36. The molecule has 0 unspecified atom stereocenters. The summed E-state index contributed by atoms with van der Waals surface area (Å²) in [4.78, 5) is 13.8. The minimum absolute atomic E-state index is 0.373. The van der Waals surface area contributed by atoms with E-state index in [1.165, 1.54) is 4.70 Å². The van der Waals surface area contributed by atoms with E-state index in [1.54, 1.807) is 17.7 Å². The lowest BCUT2D eigenvalue weighted by Gasteiger charge is -2.44. The third-order valence-corrected chi connectivity index (χ3v) is 5.30. The van der Waals surface area contributed by atoms with Gasteiger partial charge in [0.1, 0.15) is 12.1 Å². The average molecular weight is 304 g/mol. The van der Waals surface area contributed by atoms with Gasteiger partial charge >= 0.3 is 0 Å². The summed E-state index contributed by atoms with van der Waals surface area (Å²) in [5.41, 5.74) is 1.43. The Hall–Kier alpha value is -1.24. The van der Waals surface area contributed by atoms with Crippen molar-refractivity contribution in [3.05, 3.63) is 17.8 Å². The number of anilines is 1. The molecule has 0 aliphatic carbocycles. The van der Waals surface area contributed by atoms with Gasteiger partial charge in [0.25, 0.3) is 0 Å². The fraction of sp³-hybridized carbons (Fsp3) is 0.600. The van der Waals surface area contributed by atoms with Crippen molar-refractivity contribution in [1.29, 1.82) is 0 Å². The van der Waals surface area contributed by atoms with Crippen molar-refractivity contribution < 1.29 is 4.74 Å². The van der Waals surface area contributed by atoms with E-state index in [0.717, 1.165) is 57.3 Å². The number of rotatable bonds is 3. The normalized spacial score (nSPS) is 22.4. The van der Waals surface area contributed by atoms with Crippen molar-refractivity contribution >= 4 is 27.4 Å². The number of thiophene rings is 1. The second kappa shape index (κ2) is 5.19. The van der Waals surface area contributed by atoms with Crippen molar-refractivity contribution in [3.63, 3.8) is 0 Å². The number of fused-ring (bicyclic) bond motifs is 1. The average Bonchev–Trinajstić information content (AvgIpc) is 2.95. The molecule has 0 spiro atoms. The smallest absolute Gasteiger partial charge is 0.150 e. The molecule has 0 N–H and O–H groups in total. The van der Waals surface area contributed by atoms with Crippen LogP contribution in [0.25, 0.3) is 10.2 Å². The molecule has 0 radical (unpaired) electrons. The third kappa shape index (κ3) is 2.52. The van der Waals surface area contributed by atoms with Crippen LogP contribution in [0.5, 0.6) is 0 Å². The van der Waals surface area contributed by atoms with Crippen LogP contribution in [-0.4, -0.2) is 60.8 Å². The number of aromatic nitrogens is 2. The van der Waals surface area contributed by atoms with E-state index in [1.807, 2.05) is 0 Å². The standard InChI is InChI=1S/C15H20N4OS/c1-15(9-20-10-15)8-18-3-5-19(6-4-18)14-13-12(2-7-21-13)16-11-17-14/h2,7,11H,3-6,8-10H2,1H3. The zero-order valence-electron chi connectivity index (χ0n) is 12.3. The highest BCUT2D eigenvalue weighted by Gasteiger charge is 2.36. The van der Waals surface area contributed by atoms with E-state index in [-0.39, 0.29) is 0 Å². The molecule has 2 saturated heterocycles. The van der Waals surface area contributed by atoms with E-state index < -0.39 is 0 Å².